The van der Waals surface area contributed by atoms with E-state index < -0.39 is 0 Å². The zero-order valence-electron chi connectivity index (χ0n) is 20.3. The van der Waals surface area contributed by atoms with Crippen molar-refractivity contribution in [1.29, 1.82) is 0 Å². The van der Waals surface area contributed by atoms with Crippen LogP contribution in [0.1, 0.15) is 11.1 Å². The summed E-state index contributed by atoms with van der Waals surface area (Å²) >= 11 is 11.6. The van der Waals surface area contributed by atoms with E-state index in [2.05, 4.69) is 9.80 Å². The maximum absolute atomic E-state index is 5.80. The second-order valence-corrected chi connectivity index (χ2v) is 8.19. The molecule has 1 saturated heterocycles. The molecule has 10 heteroatoms. The lowest BCUT2D eigenvalue weighted by Gasteiger charge is -2.37. The molecule has 0 amide bonds. The molecule has 0 bridgehead atoms. The Morgan fingerprint density at radius 2 is 0.794 bits per heavy atom. The molecule has 0 radical (unpaired) electrons. The molecule has 1 aliphatic rings. The first-order chi connectivity index (χ1) is 16.4. The highest BCUT2D eigenvalue weighted by molar-refractivity contribution is 7.81. The van der Waals surface area contributed by atoms with Gasteiger partial charge in [0.05, 0.1) is 42.7 Å². The zero-order chi connectivity index (χ0) is 24.8. The second-order valence-electron chi connectivity index (χ2n) is 7.41. The van der Waals surface area contributed by atoms with Crippen molar-refractivity contribution in [2.75, 3.05) is 68.8 Å². The van der Waals surface area contributed by atoms with Crippen molar-refractivity contribution in [3.8, 4) is 34.5 Å². The van der Waals surface area contributed by atoms with Gasteiger partial charge in [0.2, 0.25) is 11.5 Å². The molecule has 1 heterocycles. The average molecular weight is 507 g/mol. The fraction of sp³-hybridized carbons (Fsp3) is 0.417. The highest BCUT2D eigenvalue weighted by Crippen LogP contribution is 2.40. The fourth-order valence-electron chi connectivity index (χ4n) is 3.89. The van der Waals surface area contributed by atoms with Crippen molar-refractivity contribution in [3.63, 3.8) is 0 Å². The third-order valence-electron chi connectivity index (χ3n) is 5.68. The minimum atomic E-state index is 0.539. The van der Waals surface area contributed by atoms with Gasteiger partial charge < -0.3 is 38.2 Å². The molecule has 0 unspecified atom stereocenters. The van der Waals surface area contributed by atoms with Crippen molar-refractivity contribution in [2.24, 2.45) is 0 Å². The maximum atomic E-state index is 5.80. The van der Waals surface area contributed by atoms with E-state index in [0.717, 1.165) is 47.3 Å². The highest BCUT2D eigenvalue weighted by Gasteiger charge is 2.25. The first kappa shape index (κ1) is 25.6. The largest absolute Gasteiger partial charge is 0.493 e. The Morgan fingerprint density at radius 1 is 0.529 bits per heavy atom. The summed E-state index contributed by atoms with van der Waals surface area (Å²) < 4.78 is 32.7. The van der Waals surface area contributed by atoms with E-state index in [1.165, 1.54) is 0 Å². The van der Waals surface area contributed by atoms with Crippen LogP contribution in [0.5, 0.6) is 34.5 Å². The van der Waals surface area contributed by atoms with Crippen LogP contribution in [0.4, 0.5) is 0 Å². The molecule has 0 atom stereocenters. The number of benzene rings is 2. The average Bonchev–Trinajstić information content (AvgIpc) is 2.90. The molecule has 0 spiro atoms. The SMILES string of the molecule is COc1cc(C(=S)N2CCN(C(=S)c3cc(OC)c(OC)c(OC)c3)CC2)cc(OC)c1OC. The van der Waals surface area contributed by atoms with E-state index in [1.54, 1.807) is 42.7 Å². The number of thiocarbonyl (C=S) groups is 2. The Kier molecular flexibility index (Phi) is 8.62. The number of hydrogen-bond donors (Lipinski definition) is 0. The van der Waals surface area contributed by atoms with Crippen LogP contribution >= 0.6 is 24.4 Å². The molecule has 2 aromatic carbocycles. The molecule has 1 fully saturated rings. The monoisotopic (exact) mass is 506 g/mol. The van der Waals surface area contributed by atoms with Crippen LogP contribution in [0.15, 0.2) is 24.3 Å². The second kappa shape index (κ2) is 11.4. The lowest BCUT2D eigenvalue weighted by molar-refractivity contribution is 0.265. The van der Waals surface area contributed by atoms with Crippen LogP contribution in [0, 0.1) is 0 Å². The summed E-state index contributed by atoms with van der Waals surface area (Å²) in [6.45, 7) is 2.89. The van der Waals surface area contributed by atoms with Crippen molar-refractivity contribution in [3.05, 3.63) is 35.4 Å². The van der Waals surface area contributed by atoms with E-state index in [9.17, 15) is 0 Å². The number of rotatable bonds is 8. The van der Waals surface area contributed by atoms with Crippen LogP contribution in [0.25, 0.3) is 0 Å². The predicted octanol–water partition coefficient (Wildman–Crippen LogP) is 3.41. The van der Waals surface area contributed by atoms with Crippen molar-refractivity contribution in [1.82, 2.24) is 9.80 Å². The third kappa shape index (κ3) is 5.07. The molecular weight excluding hydrogens is 476 g/mol. The molecule has 184 valence electrons. The number of hydrogen-bond acceptors (Lipinski definition) is 8. The van der Waals surface area contributed by atoms with Gasteiger partial charge in [0.25, 0.3) is 0 Å². The molecule has 0 N–H and O–H groups in total. The van der Waals surface area contributed by atoms with Crippen molar-refractivity contribution in [2.45, 2.75) is 0 Å². The predicted molar refractivity (Wildman–Crippen MR) is 139 cm³/mol. The van der Waals surface area contributed by atoms with E-state index in [-0.39, 0.29) is 0 Å². The van der Waals surface area contributed by atoms with Gasteiger partial charge in [0, 0.05) is 37.3 Å². The van der Waals surface area contributed by atoms with Gasteiger partial charge in [-0.2, -0.15) is 0 Å². The first-order valence-corrected chi connectivity index (χ1v) is 11.4. The van der Waals surface area contributed by atoms with Gasteiger partial charge >= 0.3 is 0 Å². The van der Waals surface area contributed by atoms with E-state index in [4.69, 9.17) is 52.9 Å². The van der Waals surface area contributed by atoms with Crippen molar-refractivity contribution >= 4 is 34.4 Å². The topological polar surface area (TPSA) is 61.9 Å². The Balaban J connectivity index is 1.74. The number of nitrogens with zero attached hydrogens (tertiary/aromatic N) is 2. The van der Waals surface area contributed by atoms with Gasteiger partial charge in [-0.15, -0.1) is 0 Å². The normalized spacial score (nSPS) is 13.2. The van der Waals surface area contributed by atoms with Crippen LogP contribution in [0.2, 0.25) is 0 Å². The third-order valence-corrected chi connectivity index (χ3v) is 6.67. The van der Waals surface area contributed by atoms with Gasteiger partial charge in [-0.3, -0.25) is 0 Å². The quantitative estimate of drug-likeness (QED) is 0.498. The highest BCUT2D eigenvalue weighted by atomic mass is 32.1. The van der Waals surface area contributed by atoms with E-state index >= 15 is 0 Å². The summed E-state index contributed by atoms with van der Waals surface area (Å²) in [6.07, 6.45) is 0. The first-order valence-electron chi connectivity index (χ1n) is 10.6. The van der Waals surface area contributed by atoms with E-state index in [1.807, 2.05) is 24.3 Å². The Hall–Kier alpha value is -2.98. The van der Waals surface area contributed by atoms with Gasteiger partial charge in [0.15, 0.2) is 23.0 Å². The van der Waals surface area contributed by atoms with Gasteiger partial charge in [-0.1, -0.05) is 24.4 Å². The summed E-state index contributed by atoms with van der Waals surface area (Å²) in [5, 5.41) is 0. The minimum Gasteiger partial charge on any atom is -0.493 e. The molecule has 34 heavy (non-hydrogen) atoms. The molecule has 1 aliphatic heterocycles. The molecule has 0 aromatic heterocycles. The Morgan fingerprint density at radius 3 is 1.00 bits per heavy atom. The summed E-state index contributed by atoms with van der Waals surface area (Å²) in [5.74, 6) is 3.36. The van der Waals surface area contributed by atoms with Crippen LogP contribution in [-0.2, 0) is 0 Å². The Bertz CT molecular complexity index is 920. The molecule has 8 nitrogen and oxygen atoms in total. The summed E-state index contributed by atoms with van der Waals surface area (Å²) in [7, 11) is 9.52. The fourth-order valence-corrected chi connectivity index (χ4v) is 4.49. The van der Waals surface area contributed by atoms with Gasteiger partial charge in [0.1, 0.15) is 9.98 Å². The van der Waals surface area contributed by atoms with E-state index in [0.29, 0.717) is 34.5 Å². The lowest BCUT2D eigenvalue weighted by Crippen LogP contribution is -2.50. The van der Waals surface area contributed by atoms with Crippen LogP contribution in [0.3, 0.4) is 0 Å². The maximum Gasteiger partial charge on any atom is 0.203 e. The van der Waals surface area contributed by atoms with Gasteiger partial charge in [-0.05, 0) is 24.3 Å². The smallest absolute Gasteiger partial charge is 0.203 e. The summed E-state index contributed by atoms with van der Waals surface area (Å²) in [6, 6.07) is 7.49. The zero-order valence-corrected chi connectivity index (χ0v) is 21.9. The number of ether oxygens (including phenoxy) is 6. The standard InChI is InChI=1S/C24H30N2O6S2/c1-27-17-11-15(12-18(28-2)21(17)31-5)23(33)25-7-9-26(10-8-25)24(34)16-13-19(29-3)22(32-6)20(14-16)30-4/h11-14H,7-10H2,1-6H3. The Labute approximate surface area is 211 Å². The molecular formula is C24H30N2O6S2. The number of methoxy groups -OCH3 is 6. The molecule has 3 rings (SSSR count). The molecule has 2 aromatic rings. The summed E-state index contributed by atoms with van der Waals surface area (Å²) in [4.78, 5) is 5.75. The number of piperazine rings is 1. The summed E-state index contributed by atoms with van der Waals surface area (Å²) in [5.41, 5.74) is 1.68. The molecule has 0 aliphatic carbocycles. The van der Waals surface area contributed by atoms with Crippen LogP contribution in [-0.4, -0.2) is 88.6 Å². The molecule has 0 saturated carbocycles. The van der Waals surface area contributed by atoms with Crippen molar-refractivity contribution < 1.29 is 28.4 Å². The van der Waals surface area contributed by atoms with Gasteiger partial charge in [-0.25, -0.2) is 0 Å². The minimum absolute atomic E-state index is 0.539. The van der Waals surface area contributed by atoms with Crippen LogP contribution < -0.4 is 28.4 Å². The lowest BCUT2D eigenvalue weighted by atomic mass is 10.1.